The van der Waals surface area contributed by atoms with Crippen LogP contribution in [0.25, 0.3) is 0 Å². The number of rotatable bonds is 42. The van der Waals surface area contributed by atoms with Crippen LogP contribution in [0.2, 0.25) is 0 Å². The number of nitrogens with zero attached hydrogens (tertiary/aromatic N) is 1. The number of hydrogen-bond donors (Lipinski definition) is 0. The number of quaternary nitrogens is 1. The van der Waals surface area contributed by atoms with Gasteiger partial charge in [0.1, 0.15) is 19.3 Å². The van der Waals surface area contributed by atoms with Crippen LogP contribution >= 0.6 is 7.82 Å². The Morgan fingerprint density at radius 2 is 1.04 bits per heavy atom. The van der Waals surface area contributed by atoms with Gasteiger partial charge in [-0.1, -0.05) is 179 Å². The smallest absolute Gasteiger partial charge is 0.306 e. The van der Waals surface area contributed by atoms with E-state index in [2.05, 4.69) is 38.2 Å². The summed E-state index contributed by atoms with van der Waals surface area (Å²) in [5, 5.41) is 0. The average Bonchev–Trinajstić information content (AvgIpc) is 3.12. The normalized spacial score (nSPS) is 14.0. The molecule has 0 saturated carbocycles. The van der Waals surface area contributed by atoms with Crippen LogP contribution in [0.4, 0.5) is 0 Å². The summed E-state index contributed by atoms with van der Waals surface area (Å²) in [5.41, 5.74) is 0. The van der Waals surface area contributed by atoms with E-state index >= 15 is 0 Å². The number of carbonyl (C=O) groups excluding carboxylic acids is 1. The average molecular weight is 786 g/mol. The van der Waals surface area contributed by atoms with Crippen molar-refractivity contribution in [1.82, 2.24) is 0 Å². The lowest BCUT2D eigenvalue weighted by atomic mass is 10.0. The van der Waals surface area contributed by atoms with Gasteiger partial charge in [0.05, 0.1) is 34.4 Å². The van der Waals surface area contributed by atoms with E-state index < -0.39 is 13.9 Å². The van der Waals surface area contributed by atoms with E-state index in [1.807, 2.05) is 21.1 Å². The molecule has 54 heavy (non-hydrogen) atoms. The Balaban J connectivity index is 4.19. The molecule has 0 spiro atoms. The largest absolute Gasteiger partial charge is 0.756 e. The van der Waals surface area contributed by atoms with Gasteiger partial charge in [-0.05, 0) is 38.5 Å². The van der Waals surface area contributed by atoms with Crippen molar-refractivity contribution in [3.63, 3.8) is 0 Å². The zero-order valence-electron chi connectivity index (χ0n) is 36.2. The summed E-state index contributed by atoms with van der Waals surface area (Å²) in [7, 11) is 1.35. The molecule has 0 saturated heterocycles. The standard InChI is InChI=1S/C45H88NO7P/c1-6-8-10-12-14-16-18-20-22-23-24-25-27-29-31-33-35-37-40-50-42-44(43-52-54(48,49)51-41-39-46(3,4)5)53-45(47)38-36-34-32-30-28-26-21-19-17-15-13-11-9-7-2/h13,15,19,21,44H,6-12,14,16-18,20,22-43H2,1-5H3/b15-13-,21-19-/t44-/m1/s1. The van der Waals surface area contributed by atoms with Gasteiger partial charge >= 0.3 is 5.97 Å². The van der Waals surface area contributed by atoms with Crippen LogP contribution in [0.15, 0.2) is 24.3 Å². The minimum atomic E-state index is -4.52. The highest BCUT2D eigenvalue weighted by molar-refractivity contribution is 7.45. The molecule has 0 aliphatic heterocycles. The zero-order chi connectivity index (χ0) is 39.9. The number of allylic oxidation sites excluding steroid dienone is 4. The van der Waals surface area contributed by atoms with Crippen molar-refractivity contribution >= 4 is 13.8 Å². The van der Waals surface area contributed by atoms with Crippen LogP contribution in [0.3, 0.4) is 0 Å². The molecule has 8 nitrogen and oxygen atoms in total. The second-order valence-corrected chi connectivity index (χ2v) is 17.8. The van der Waals surface area contributed by atoms with Crippen molar-refractivity contribution in [2.24, 2.45) is 0 Å². The number of carbonyl (C=O) groups is 1. The highest BCUT2D eigenvalue weighted by atomic mass is 31.2. The van der Waals surface area contributed by atoms with Crippen LogP contribution in [-0.2, 0) is 27.9 Å². The van der Waals surface area contributed by atoms with E-state index in [1.54, 1.807) is 0 Å². The number of ether oxygens (including phenoxy) is 2. The Labute approximate surface area is 334 Å². The van der Waals surface area contributed by atoms with E-state index in [0.29, 0.717) is 24.1 Å². The van der Waals surface area contributed by atoms with Crippen molar-refractivity contribution in [2.75, 3.05) is 54.1 Å². The molecule has 0 aromatic rings. The second kappa shape index (κ2) is 38.8. The number of esters is 1. The van der Waals surface area contributed by atoms with Crippen molar-refractivity contribution in [2.45, 2.75) is 206 Å². The lowest BCUT2D eigenvalue weighted by Gasteiger charge is -2.28. The molecule has 0 bridgehead atoms. The van der Waals surface area contributed by atoms with Crippen LogP contribution in [0, 0.1) is 0 Å². The van der Waals surface area contributed by atoms with Gasteiger partial charge in [-0.2, -0.15) is 0 Å². The molecule has 1 unspecified atom stereocenters. The Bertz CT molecular complexity index is 920. The Hall–Kier alpha value is -1.02. The summed E-state index contributed by atoms with van der Waals surface area (Å²) < 4.78 is 34.6. The minimum absolute atomic E-state index is 0.0251. The van der Waals surface area contributed by atoms with Crippen molar-refractivity contribution in [1.29, 1.82) is 0 Å². The Morgan fingerprint density at radius 1 is 0.574 bits per heavy atom. The summed E-state index contributed by atoms with van der Waals surface area (Å²) in [6, 6.07) is 0. The van der Waals surface area contributed by atoms with Gasteiger partial charge in [0.2, 0.25) is 0 Å². The highest BCUT2D eigenvalue weighted by Gasteiger charge is 2.20. The molecule has 2 atom stereocenters. The lowest BCUT2D eigenvalue weighted by Crippen LogP contribution is -2.37. The number of unbranched alkanes of at least 4 members (excludes halogenated alkanes) is 24. The SMILES string of the molecule is CCCC/C=C\C/C=C\CCCCCCCC(=O)O[C@H](COCCCCCCCCCCCCCCCCCCCC)COP(=O)([O-])OCC[N+](C)(C)C. The summed E-state index contributed by atoms with van der Waals surface area (Å²) in [4.78, 5) is 25.0. The van der Waals surface area contributed by atoms with Gasteiger partial charge in [0, 0.05) is 13.0 Å². The molecular formula is C45H88NO7P. The van der Waals surface area contributed by atoms with Gasteiger partial charge in [0.25, 0.3) is 7.82 Å². The number of hydrogen-bond acceptors (Lipinski definition) is 7. The first-order valence-electron chi connectivity index (χ1n) is 22.6. The summed E-state index contributed by atoms with van der Waals surface area (Å²) in [6.45, 7) is 5.38. The Kier molecular flexibility index (Phi) is 38.1. The van der Waals surface area contributed by atoms with E-state index in [-0.39, 0.29) is 25.8 Å². The van der Waals surface area contributed by atoms with E-state index in [1.165, 1.54) is 122 Å². The van der Waals surface area contributed by atoms with Gasteiger partial charge in [-0.15, -0.1) is 0 Å². The third kappa shape index (κ3) is 42.1. The predicted octanol–water partition coefficient (Wildman–Crippen LogP) is 12.6. The van der Waals surface area contributed by atoms with Gasteiger partial charge < -0.3 is 27.9 Å². The Morgan fingerprint density at radius 3 is 1.56 bits per heavy atom. The van der Waals surface area contributed by atoms with Crippen LogP contribution in [0.1, 0.15) is 200 Å². The van der Waals surface area contributed by atoms with Crippen molar-refractivity contribution in [3.8, 4) is 0 Å². The summed E-state index contributed by atoms with van der Waals surface area (Å²) in [5.74, 6) is -0.345. The number of phosphoric ester groups is 1. The molecule has 0 aromatic heterocycles. The number of likely N-dealkylation sites (N-methyl/N-ethyl adjacent to an activating group) is 1. The lowest BCUT2D eigenvalue weighted by molar-refractivity contribution is -0.870. The van der Waals surface area contributed by atoms with E-state index in [0.717, 1.165) is 57.8 Å². The second-order valence-electron chi connectivity index (χ2n) is 16.4. The third-order valence-electron chi connectivity index (χ3n) is 9.76. The van der Waals surface area contributed by atoms with Gasteiger partial charge in [0.15, 0.2) is 0 Å². The number of phosphoric acid groups is 1. The monoisotopic (exact) mass is 786 g/mol. The first-order valence-corrected chi connectivity index (χ1v) is 24.0. The minimum Gasteiger partial charge on any atom is -0.756 e. The summed E-state index contributed by atoms with van der Waals surface area (Å²) >= 11 is 0. The molecule has 0 fully saturated rings. The molecule has 0 aliphatic rings. The van der Waals surface area contributed by atoms with Crippen LogP contribution < -0.4 is 4.89 Å². The van der Waals surface area contributed by atoms with Crippen molar-refractivity contribution in [3.05, 3.63) is 24.3 Å². The molecule has 0 heterocycles. The molecule has 320 valence electrons. The molecule has 0 radical (unpaired) electrons. The van der Waals surface area contributed by atoms with Crippen molar-refractivity contribution < 1.29 is 37.3 Å². The van der Waals surface area contributed by atoms with Crippen LogP contribution in [0.5, 0.6) is 0 Å². The maximum Gasteiger partial charge on any atom is 0.306 e. The molecule has 0 aliphatic carbocycles. The molecule has 0 aromatic carbocycles. The zero-order valence-corrected chi connectivity index (χ0v) is 37.1. The predicted molar refractivity (Wildman–Crippen MR) is 227 cm³/mol. The first-order chi connectivity index (χ1) is 26.1. The fourth-order valence-corrected chi connectivity index (χ4v) is 6.94. The molecule has 9 heteroatoms. The quantitative estimate of drug-likeness (QED) is 0.0200. The van der Waals surface area contributed by atoms with E-state index in [4.69, 9.17) is 18.5 Å². The topological polar surface area (TPSA) is 94.1 Å². The highest BCUT2D eigenvalue weighted by Crippen LogP contribution is 2.38. The van der Waals surface area contributed by atoms with Gasteiger partial charge in [-0.3, -0.25) is 9.36 Å². The fourth-order valence-electron chi connectivity index (χ4n) is 6.21. The maximum absolute atomic E-state index is 12.7. The summed E-state index contributed by atoms with van der Waals surface area (Å²) in [6.07, 6.45) is 43.3. The third-order valence-corrected chi connectivity index (χ3v) is 10.7. The van der Waals surface area contributed by atoms with Gasteiger partial charge in [-0.25, -0.2) is 0 Å². The maximum atomic E-state index is 12.7. The van der Waals surface area contributed by atoms with Crippen LogP contribution in [-0.4, -0.2) is 70.7 Å². The molecule has 0 N–H and O–H groups in total. The first kappa shape index (κ1) is 53.0. The molecular weight excluding hydrogens is 697 g/mol. The van der Waals surface area contributed by atoms with E-state index in [9.17, 15) is 14.3 Å². The molecule has 0 amide bonds. The molecule has 0 rings (SSSR count). The fraction of sp³-hybridized carbons (Fsp3) is 0.889.